The minimum atomic E-state index is -2.21. The van der Waals surface area contributed by atoms with Crippen LogP contribution in [0.25, 0.3) is 10.8 Å². The Kier molecular flexibility index (Phi) is 6.22. The third kappa shape index (κ3) is 3.49. The van der Waals surface area contributed by atoms with Gasteiger partial charge in [0.05, 0.1) is 24.6 Å². The molecule has 1 saturated carbocycles. The van der Waals surface area contributed by atoms with Crippen molar-refractivity contribution in [3.63, 3.8) is 0 Å². The van der Waals surface area contributed by atoms with Crippen LogP contribution in [-0.4, -0.2) is 56.6 Å². The first-order valence-corrected chi connectivity index (χ1v) is 14.6. The number of likely N-dealkylation sites (tertiary alicyclic amines) is 1. The Morgan fingerprint density at radius 1 is 0.955 bits per heavy atom. The Labute approximate surface area is 259 Å². The number of amides is 5. The van der Waals surface area contributed by atoms with Gasteiger partial charge in [0.1, 0.15) is 11.6 Å². The number of carbonyl (C=O) groups is 5. The lowest BCUT2D eigenvalue weighted by Gasteiger charge is -2.50. The summed E-state index contributed by atoms with van der Waals surface area (Å²) in [5.41, 5.74) is 0.677. The van der Waals surface area contributed by atoms with E-state index in [0.717, 1.165) is 24.1 Å². The molecule has 0 spiro atoms. The number of fused-ring (bicyclic) bond motifs is 5. The number of nitrogens with zero attached hydrogens (tertiary/aromatic N) is 2. The van der Waals surface area contributed by atoms with Crippen molar-refractivity contribution < 1.29 is 38.2 Å². The molecule has 3 aromatic rings. The van der Waals surface area contributed by atoms with Crippen molar-refractivity contribution in [3.8, 4) is 5.75 Å². The minimum Gasteiger partial charge on any atom is -0.507 e. The zero-order valence-corrected chi connectivity index (χ0v) is 24.5. The lowest BCUT2D eigenvalue weighted by Crippen LogP contribution is -2.60. The maximum atomic E-state index is 14.4. The summed E-state index contributed by atoms with van der Waals surface area (Å²) in [6, 6.07) is 15.0. The number of methoxy groups -OCH3 is 1. The number of carbonyl (C=O) groups excluding carboxylic acids is 5. The molecule has 5 amide bonds. The van der Waals surface area contributed by atoms with Crippen molar-refractivity contribution in [2.75, 3.05) is 12.0 Å². The molecule has 1 N–H and O–H groups in total. The van der Waals surface area contributed by atoms with Gasteiger partial charge in [0.25, 0.3) is 11.8 Å². The molecule has 3 fully saturated rings. The van der Waals surface area contributed by atoms with Crippen LogP contribution in [0.15, 0.2) is 72.3 Å². The van der Waals surface area contributed by atoms with Gasteiger partial charge >= 0.3 is 6.09 Å². The molecule has 3 aromatic carbocycles. The standard InChI is InChI=1S/C32H23Cl2FN2O7/c1-44-30(43)37-26(39)20-13-12-19-22(23(20)27(37)40)14-31(33)28(41)36(17-9-7-16(35)8-10-17)29(42)32(31,34)24(19)21-11-6-15-4-2-3-5-18(15)25(21)38/h2-12,20,22-24,38H,13-14H2,1H3. The van der Waals surface area contributed by atoms with E-state index in [0.29, 0.717) is 21.2 Å². The first kappa shape index (κ1) is 28.5. The molecule has 2 saturated heterocycles. The van der Waals surface area contributed by atoms with Crippen LogP contribution in [0.5, 0.6) is 5.75 Å². The number of alkyl halides is 2. The number of anilines is 1. The van der Waals surface area contributed by atoms with Gasteiger partial charge in [0.15, 0.2) is 9.75 Å². The molecule has 224 valence electrons. The van der Waals surface area contributed by atoms with Crippen LogP contribution in [0, 0.1) is 23.6 Å². The molecule has 4 aliphatic rings. The summed E-state index contributed by atoms with van der Waals surface area (Å²) in [5, 5.41) is 12.8. The van der Waals surface area contributed by atoms with E-state index >= 15 is 0 Å². The number of benzene rings is 3. The fourth-order valence-electron chi connectivity index (χ4n) is 7.52. The summed E-state index contributed by atoms with van der Waals surface area (Å²) >= 11 is 14.6. The second kappa shape index (κ2) is 9.61. The fraction of sp³-hybridized carbons (Fsp3) is 0.281. The number of rotatable bonds is 2. The number of allylic oxidation sites excluding steroid dienone is 2. The monoisotopic (exact) mass is 636 g/mol. The Morgan fingerprint density at radius 2 is 1.66 bits per heavy atom. The summed E-state index contributed by atoms with van der Waals surface area (Å²) in [6.07, 6.45) is 0.269. The van der Waals surface area contributed by atoms with Gasteiger partial charge in [-0.2, -0.15) is 4.90 Å². The van der Waals surface area contributed by atoms with E-state index in [9.17, 15) is 33.5 Å². The Hall–Kier alpha value is -4.28. The number of phenols is 1. The predicted molar refractivity (Wildman–Crippen MR) is 156 cm³/mol. The second-order valence-corrected chi connectivity index (χ2v) is 12.7. The van der Waals surface area contributed by atoms with Gasteiger partial charge < -0.3 is 9.84 Å². The number of ether oxygens (including phenoxy) is 1. The number of imide groups is 4. The van der Waals surface area contributed by atoms with Crippen LogP contribution in [0.3, 0.4) is 0 Å². The van der Waals surface area contributed by atoms with E-state index < -0.39 is 69.0 Å². The van der Waals surface area contributed by atoms with Crippen molar-refractivity contribution in [3.05, 3.63) is 83.7 Å². The molecule has 6 atom stereocenters. The SMILES string of the molecule is COC(=O)N1C(=O)C2CC=C3C(CC4(Cl)C(=O)N(c5ccc(F)cc5)C(=O)C4(Cl)C3c3ccc4ccccc4c3O)C2C1=O. The first-order chi connectivity index (χ1) is 21.0. The number of hydrogen-bond acceptors (Lipinski definition) is 7. The molecule has 12 heteroatoms. The third-order valence-corrected chi connectivity index (χ3v) is 10.9. The average Bonchev–Trinajstić information content (AvgIpc) is 3.36. The maximum Gasteiger partial charge on any atom is 0.423 e. The highest BCUT2D eigenvalue weighted by Crippen LogP contribution is 2.66. The number of halogens is 3. The van der Waals surface area contributed by atoms with E-state index in [1.165, 1.54) is 12.1 Å². The highest BCUT2D eigenvalue weighted by molar-refractivity contribution is 6.58. The maximum absolute atomic E-state index is 14.4. The molecule has 44 heavy (non-hydrogen) atoms. The lowest BCUT2D eigenvalue weighted by molar-refractivity contribution is -0.138. The van der Waals surface area contributed by atoms with Crippen molar-refractivity contribution in [1.29, 1.82) is 0 Å². The van der Waals surface area contributed by atoms with Crippen LogP contribution in [0.4, 0.5) is 14.9 Å². The van der Waals surface area contributed by atoms with E-state index in [4.69, 9.17) is 23.2 Å². The fourth-order valence-corrected chi connectivity index (χ4v) is 8.45. The minimum absolute atomic E-state index is 0.0332. The van der Waals surface area contributed by atoms with Gasteiger partial charge in [-0.1, -0.05) is 48.0 Å². The topological polar surface area (TPSA) is 121 Å². The second-order valence-electron chi connectivity index (χ2n) is 11.5. The Bertz CT molecular complexity index is 1860. The summed E-state index contributed by atoms with van der Waals surface area (Å²) in [4.78, 5) is 64.9. The van der Waals surface area contributed by atoms with Gasteiger partial charge in [-0.15, -0.1) is 23.2 Å². The van der Waals surface area contributed by atoms with Crippen molar-refractivity contribution in [1.82, 2.24) is 4.90 Å². The van der Waals surface area contributed by atoms with E-state index in [1.54, 1.807) is 42.5 Å². The zero-order chi connectivity index (χ0) is 31.3. The first-order valence-electron chi connectivity index (χ1n) is 13.8. The van der Waals surface area contributed by atoms with Crippen molar-refractivity contribution in [2.45, 2.75) is 28.5 Å². The normalized spacial score (nSPS) is 31.1. The summed E-state index contributed by atoms with van der Waals surface area (Å²) < 4.78 is 18.5. The molecular weight excluding hydrogens is 614 g/mol. The summed E-state index contributed by atoms with van der Waals surface area (Å²) in [7, 11) is 1.05. The average molecular weight is 637 g/mol. The van der Waals surface area contributed by atoms with Crippen molar-refractivity contribution in [2.24, 2.45) is 17.8 Å². The Balaban J connectivity index is 1.46. The molecule has 2 aliphatic carbocycles. The van der Waals surface area contributed by atoms with Gasteiger partial charge in [0, 0.05) is 16.9 Å². The molecular formula is C32H23Cl2FN2O7. The molecule has 0 aromatic heterocycles. The predicted octanol–water partition coefficient (Wildman–Crippen LogP) is 5.01. The molecule has 7 rings (SSSR count). The van der Waals surface area contributed by atoms with Gasteiger partial charge in [0.2, 0.25) is 11.8 Å². The third-order valence-electron chi connectivity index (χ3n) is 9.50. The highest BCUT2D eigenvalue weighted by Gasteiger charge is 2.77. The highest BCUT2D eigenvalue weighted by atomic mass is 35.5. The van der Waals surface area contributed by atoms with Crippen LogP contribution in [0.2, 0.25) is 0 Å². The zero-order valence-electron chi connectivity index (χ0n) is 23.0. The Morgan fingerprint density at radius 3 is 2.36 bits per heavy atom. The van der Waals surface area contributed by atoms with Crippen LogP contribution >= 0.6 is 23.2 Å². The van der Waals surface area contributed by atoms with Gasteiger partial charge in [-0.3, -0.25) is 19.2 Å². The summed E-state index contributed by atoms with van der Waals surface area (Å²) in [5.74, 6) is -8.29. The van der Waals surface area contributed by atoms with Crippen LogP contribution < -0.4 is 4.90 Å². The lowest BCUT2D eigenvalue weighted by atomic mass is 9.56. The summed E-state index contributed by atoms with van der Waals surface area (Å²) in [6.45, 7) is 0. The smallest absolute Gasteiger partial charge is 0.423 e. The number of hydrogen-bond donors (Lipinski definition) is 1. The molecule has 0 radical (unpaired) electrons. The van der Waals surface area contributed by atoms with Gasteiger partial charge in [-0.05, 0) is 48.4 Å². The molecule has 2 aliphatic heterocycles. The molecule has 6 unspecified atom stereocenters. The van der Waals surface area contributed by atoms with Gasteiger partial charge in [-0.25, -0.2) is 14.1 Å². The van der Waals surface area contributed by atoms with E-state index in [-0.39, 0.29) is 29.8 Å². The quantitative estimate of drug-likeness (QED) is 0.238. The molecule has 9 nitrogen and oxygen atoms in total. The molecule has 0 bridgehead atoms. The van der Waals surface area contributed by atoms with E-state index in [1.807, 2.05) is 0 Å². The molecule has 2 heterocycles. The number of aromatic hydroxyl groups is 1. The van der Waals surface area contributed by atoms with Crippen LogP contribution in [0.1, 0.15) is 24.3 Å². The largest absolute Gasteiger partial charge is 0.507 e. The van der Waals surface area contributed by atoms with Crippen molar-refractivity contribution >= 4 is 69.4 Å². The number of phenolic OH excluding ortho intramolecular Hbond substituents is 1. The van der Waals surface area contributed by atoms with Crippen LogP contribution in [-0.2, 0) is 23.9 Å². The van der Waals surface area contributed by atoms with E-state index in [2.05, 4.69) is 4.74 Å².